The van der Waals surface area contributed by atoms with Crippen LogP contribution in [0.1, 0.15) is 48.5 Å². The molecule has 0 aliphatic carbocycles. The van der Waals surface area contributed by atoms with Crippen LogP contribution < -0.4 is 15.7 Å². The van der Waals surface area contributed by atoms with Crippen LogP contribution in [-0.2, 0) is 17.7 Å². The van der Waals surface area contributed by atoms with E-state index in [0.717, 1.165) is 21.8 Å². The van der Waals surface area contributed by atoms with E-state index in [9.17, 15) is 23.5 Å². The van der Waals surface area contributed by atoms with Crippen molar-refractivity contribution in [3.8, 4) is 0 Å². The first-order valence-electron chi connectivity index (χ1n) is 10.6. The summed E-state index contributed by atoms with van der Waals surface area (Å²) >= 11 is 1.41. The lowest BCUT2D eigenvalue weighted by Gasteiger charge is -2.37. The Labute approximate surface area is 201 Å². The molecule has 0 aliphatic heterocycles. The number of benzene rings is 1. The van der Waals surface area contributed by atoms with Crippen molar-refractivity contribution in [1.82, 2.24) is 9.88 Å². The van der Waals surface area contributed by atoms with Crippen molar-refractivity contribution in [2.24, 2.45) is 0 Å². The highest BCUT2D eigenvalue weighted by molar-refractivity contribution is 7.21. The molecule has 10 heteroatoms. The van der Waals surface area contributed by atoms with Crippen molar-refractivity contribution in [3.63, 3.8) is 0 Å². The zero-order valence-electron chi connectivity index (χ0n) is 19.4. The largest absolute Gasteiger partial charge is 0.426 e. The summed E-state index contributed by atoms with van der Waals surface area (Å²) in [4.78, 5) is 26.2. The Kier molecular flexibility index (Phi) is 7.75. The SMILES string of the molecule is CC(C)(O)C(C)(C)O[B]c1ccc(CNC(=O)c2cccn(Cc3ccc(F)c(F)c3)c2=O)s1. The van der Waals surface area contributed by atoms with Crippen molar-refractivity contribution in [2.75, 3.05) is 0 Å². The predicted octanol–water partition coefficient (Wildman–Crippen LogP) is 2.98. The van der Waals surface area contributed by atoms with E-state index in [2.05, 4.69) is 5.32 Å². The van der Waals surface area contributed by atoms with Crippen LogP contribution in [0.5, 0.6) is 0 Å². The summed E-state index contributed by atoms with van der Waals surface area (Å²) in [7, 11) is 1.57. The number of hydrogen-bond acceptors (Lipinski definition) is 5. The molecule has 2 heterocycles. The second-order valence-corrected chi connectivity index (χ2v) is 10.1. The fraction of sp³-hybridized carbons (Fsp3) is 0.333. The number of rotatable bonds is 9. The molecule has 6 nitrogen and oxygen atoms in total. The summed E-state index contributed by atoms with van der Waals surface area (Å²) in [5.41, 5.74) is -2.02. The quantitative estimate of drug-likeness (QED) is 0.455. The molecule has 34 heavy (non-hydrogen) atoms. The lowest BCUT2D eigenvalue weighted by Crippen LogP contribution is -2.49. The summed E-state index contributed by atoms with van der Waals surface area (Å²) in [6.07, 6.45) is 1.48. The Hall–Kier alpha value is -2.82. The van der Waals surface area contributed by atoms with Gasteiger partial charge in [-0.25, -0.2) is 8.78 Å². The molecule has 0 saturated heterocycles. The lowest BCUT2D eigenvalue weighted by atomic mass is 9.86. The highest BCUT2D eigenvalue weighted by Crippen LogP contribution is 2.24. The third-order valence-electron chi connectivity index (χ3n) is 5.65. The number of aromatic nitrogens is 1. The van der Waals surface area contributed by atoms with E-state index < -0.39 is 34.3 Å². The van der Waals surface area contributed by atoms with Crippen LogP contribution in [0.2, 0.25) is 0 Å². The van der Waals surface area contributed by atoms with Gasteiger partial charge in [0.1, 0.15) is 5.56 Å². The van der Waals surface area contributed by atoms with Gasteiger partial charge in [0.15, 0.2) is 11.6 Å². The van der Waals surface area contributed by atoms with E-state index in [0.29, 0.717) is 5.56 Å². The Morgan fingerprint density at radius 3 is 2.56 bits per heavy atom. The normalized spacial score (nSPS) is 12.0. The van der Waals surface area contributed by atoms with E-state index in [1.54, 1.807) is 41.2 Å². The highest BCUT2D eigenvalue weighted by Gasteiger charge is 2.35. The zero-order chi connectivity index (χ0) is 25.1. The molecule has 1 aromatic carbocycles. The van der Waals surface area contributed by atoms with E-state index in [-0.39, 0.29) is 18.7 Å². The van der Waals surface area contributed by atoms with Crippen molar-refractivity contribution in [2.45, 2.75) is 52.0 Å². The second kappa shape index (κ2) is 10.2. The van der Waals surface area contributed by atoms with Crippen LogP contribution >= 0.6 is 11.3 Å². The Balaban J connectivity index is 1.62. The number of nitrogens with zero attached hydrogens (tertiary/aromatic N) is 1. The third-order valence-corrected chi connectivity index (χ3v) is 6.66. The molecular formula is C24H26BF2N2O4S. The summed E-state index contributed by atoms with van der Waals surface area (Å²) in [5, 5.41) is 12.9. The van der Waals surface area contributed by atoms with Gasteiger partial charge in [0.2, 0.25) is 0 Å². The molecule has 0 saturated carbocycles. The topological polar surface area (TPSA) is 80.6 Å². The number of pyridine rings is 1. The maximum absolute atomic E-state index is 13.5. The van der Waals surface area contributed by atoms with Crippen molar-refractivity contribution in [3.05, 3.63) is 86.7 Å². The van der Waals surface area contributed by atoms with E-state index in [1.165, 1.54) is 34.2 Å². The monoisotopic (exact) mass is 487 g/mol. The number of hydrogen-bond donors (Lipinski definition) is 2. The van der Waals surface area contributed by atoms with Gasteiger partial charge in [0, 0.05) is 11.1 Å². The van der Waals surface area contributed by atoms with Gasteiger partial charge in [-0.3, -0.25) is 9.59 Å². The van der Waals surface area contributed by atoms with Gasteiger partial charge < -0.3 is 19.6 Å². The van der Waals surface area contributed by atoms with Crippen molar-refractivity contribution < 1.29 is 23.3 Å². The molecular weight excluding hydrogens is 461 g/mol. The number of aliphatic hydroxyl groups is 1. The van der Waals surface area contributed by atoms with Gasteiger partial charge in [0.05, 0.1) is 24.3 Å². The molecule has 0 atom stereocenters. The van der Waals surface area contributed by atoms with Gasteiger partial charge in [-0.05, 0) is 68.4 Å². The van der Waals surface area contributed by atoms with E-state index in [4.69, 9.17) is 4.65 Å². The summed E-state index contributed by atoms with van der Waals surface area (Å²) in [5.74, 6) is -2.50. The molecule has 0 bridgehead atoms. The van der Waals surface area contributed by atoms with Crippen LogP contribution in [0, 0.1) is 11.6 Å². The summed E-state index contributed by atoms with van der Waals surface area (Å²) < 4.78 is 34.4. The van der Waals surface area contributed by atoms with Gasteiger partial charge >= 0.3 is 7.48 Å². The molecule has 2 N–H and O–H groups in total. The standard InChI is InChI=1S/C24H26BF2N2O4S/c1-23(2,32)24(3,4)33-25-20-10-8-16(34-20)13-28-21(30)17-6-5-11-29(22(17)31)14-15-7-9-18(26)19(27)12-15/h5-12,32H,13-14H2,1-4H3,(H,28,30). The minimum atomic E-state index is -1.04. The van der Waals surface area contributed by atoms with Crippen molar-refractivity contribution in [1.29, 1.82) is 0 Å². The number of thiophene rings is 1. The first kappa shape index (κ1) is 25.8. The van der Waals surface area contributed by atoms with E-state index in [1.807, 2.05) is 12.1 Å². The van der Waals surface area contributed by atoms with E-state index >= 15 is 0 Å². The Bertz CT molecular complexity index is 1230. The Morgan fingerprint density at radius 1 is 1.15 bits per heavy atom. The fourth-order valence-corrected chi connectivity index (χ4v) is 3.65. The number of amides is 1. The van der Waals surface area contributed by atoms with Gasteiger partial charge in [0.25, 0.3) is 11.5 Å². The average Bonchev–Trinajstić information content (AvgIpc) is 3.22. The van der Waals surface area contributed by atoms with Crippen LogP contribution in [0.15, 0.2) is 53.5 Å². The minimum Gasteiger partial charge on any atom is -0.426 e. The predicted molar refractivity (Wildman–Crippen MR) is 129 cm³/mol. The first-order valence-corrected chi connectivity index (χ1v) is 11.4. The smallest absolute Gasteiger partial charge is 0.341 e. The number of nitrogens with one attached hydrogen (secondary N) is 1. The molecule has 3 rings (SSSR count). The number of halogens is 2. The van der Waals surface area contributed by atoms with Crippen molar-refractivity contribution >= 4 is 29.5 Å². The highest BCUT2D eigenvalue weighted by atomic mass is 32.1. The average molecular weight is 487 g/mol. The van der Waals surface area contributed by atoms with Crippen LogP contribution in [0.25, 0.3) is 0 Å². The van der Waals surface area contributed by atoms with Gasteiger partial charge in [-0.15, -0.1) is 0 Å². The number of carbonyl (C=O) groups excluding carboxylic acids is 1. The lowest BCUT2D eigenvalue weighted by molar-refractivity contribution is -0.0892. The van der Waals surface area contributed by atoms with Crippen LogP contribution in [0.4, 0.5) is 8.78 Å². The molecule has 0 aliphatic rings. The van der Waals surface area contributed by atoms with Gasteiger partial charge in [-0.1, -0.05) is 12.1 Å². The van der Waals surface area contributed by atoms with Crippen LogP contribution in [-0.4, -0.2) is 34.3 Å². The zero-order valence-corrected chi connectivity index (χ0v) is 20.2. The summed E-state index contributed by atoms with van der Waals surface area (Å²) in [6, 6.07) is 10.0. The maximum atomic E-state index is 13.5. The Morgan fingerprint density at radius 2 is 1.88 bits per heavy atom. The van der Waals surface area contributed by atoms with Crippen LogP contribution in [0.3, 0.4) is 0 Å². The molecule has 1 amide bonds. The summed E-state index contributed by atoms with van der Waals surface area (Å²) in [6.45, 7) is 7.14. The molecule has 0 spiro atoms. The molecule has 1 radical (unpaired) electrons. The molecule has 0 unspecified atom stereocenters. The molecule has 2 aromatic heterocycles. The third kappa shape index (κ3) is 6.19. The molecule has 0 fully saturated rings. The molecule has 3 aromatic rings. The van der Waals surface area contributed by atoms with Gasteiger partial charge in [-0.2, -0.15) is 11.3 Å². The molecule has 179 valence electrons. The number of carbonyl (C=O) groups is 1. The minimum absolute atomic E-state index is 0.00225. The second-order valence-electron chi connectivity index (χ2n) is 8.90. The maximum Gasteiger partial charge on any atom is 0.341 e. The fourth-order valence-electron chi connectivity index (χ4n) is 2.83. The first-order chi connectivity index (χ1) is 15.9.